The number of hydrogen-bond acceptors (Lipinski definition) is 11. The minimum Gasteiger partial charge on any atom is -0.497 e. The summed E-state index contributed by atoms with van der Waals surface area (Å²) in [5.74, 6) is -0.0762. The van der Waals surface area contributed by atoms with Gasteiger partial charge in [-0.2, -0.15) is 12.7 Å². The van der Waals surface area contributed by atoms with E-state index in [0.717, 1.165) is 67.9 Å². The lowest BCUT2D eigenvalue weighted by Gasteiger charge is -2.30. The van der Waals surface area contributed by atoms with Gasteiger partial charge in [0, 0.05) is 39.2 Å². The van der Waals surface area contributed by atoms with Gasteiger partial charge in [-0.1, -0.05) is 41.6 Å². The van der Waals surface area contributed by atoms with Crippen LogP contribution < -0.4 is 4.74 Å². The lowest BCUT2D eigenvalue weighted by molar-refractivity contribution is -0.143. The highest BCUT2D eigenvalue weighted by molar-refractivity contribution is 7.84. The van der Waals surface area contributed by atoms with Crippen molar-refractivity contribution < 1.29 is 41.1 Å². The Kier molecular flexibility index (Phi) is 13.8. The van der Waals surface area contributed by atoms with Crippen molar-refractivity contribution in [1.82, 2.24) is 24.2 Å². The number of amides is 1. The Morgan fingerprint density at radius 1 is 1.04 bits per heavy atom. The fourth-order valence-electron chi connectivity index (χ4n) is 6.39. The Bertz CT molecular complexity index is 2140. The van der Waals surface area contributed by atoms with Crippen LogP contribution >= 0.6 is 0 Å². The van der Waals surface area contributed by atoms with Crippen LogP contribution in [0.1, 0.15) is 86.3 Å². The van der Waals surface area contributed by atoms with Crippen LogP contribution in [0.15, 0.2) is 66.6 Å². The van der Waals surface area contributed by atoms with Crippen LogP contribution in [0.3, 0.4) is 0 Å². The summed E-state index contributed by atoms with van der Waals surface area (Å²) in [4.78, 5) is 26.6. The molecular formula is C41H53N5O9S. The van der Waals surface area contributed by atoms with E-state index in [1.807, 2.05) is 73.1 Å². The van der Waals surface area contributed by atoms with Crippen molar-refractivity contribution in [3.05, 3.63) is 99.9 Å². The van der Waals surface area contributed by atoms with Gasteiger partial charge in [-0.3, -0.25) is 9.69 Å². The van der Waals surface area contributed by atoms with Gasteiger partial charge in [0.1, 0.15) is 16.9 Å². The third-order valence-corrected chi connectivity index (χ3v) is 10.8. The monoisotopic (exact) mass is 791 g/mol. The van der Waals surface area contributed by atoms with Crippen LogP contribution in [0.2, 0.25) is 0 Å². The summed E-state index contributed by atoms with van der Waals surface area (Å²) < 4.78 is 56.9. The number of methoxy groups -OCH3 is 1. The summed E-state index contributed by atoms with van der Waals surface area (Å²) in [6.45, 7) is 12.9. The van der Waals surface area contributed by atoms with Crippen LogP contribution in [0.25, 0.3) is 11.0 Å². The molecule has 0 saturated heterocycles. The Labute approximate surface area is 329 Å². The topological polar surface area (TPSA) is 152 Å². The largest absolute Gasteiger partial charge is 0.497 e. The molecule has 56 heavy (non-hydrogen) atoms. The fourth-order valence-corrected chi connectivity index (χ4v) is 7.44. The summed E-state index contributed by atoms with van der Waals surface area (Å²) in [5, 5.41) is 9.00. The fraction of sp³-hybridized carbons (Fsp3) is 0.463. The molecule has 1 aliphatic heterocycles. The average Bonchev–Trinajstić information content (AvgIpc) is 3.57. The smallest absolute Gasteiger partial charge is 0.416 e. The van der Waals surface area contributed by atoms with Gasteiger partial charge in [-0.05, 0) is 112 Å². The molecule has 0 radical (unpaired) electrons. The maximum absolute atomic E-state index is 13.3. The number of benzene rings is 3. The van der Waals surface area contributed by atoms with E-state index in [2.05, 4.69) is 10.3 Å². The molecule has 5 rings (SSSR count). The van der Waals surface area contributed by atoms with E-state index in [1.54, 1.807) is 34.8 Å². The highest BCUT2D eigenvalue weighted by atomic mass is 32.2. The number of ether oxygens (including phenoxy) is 4. The molecule has 3 aromatic carbocycles. The SMILES string of the molecule is CCOC(=O)CC(c1ccc(C)c(CN2CC=C(N(C)C(=O)OC(C)(C)C)OS2(=O)=O)c1)c1ccc2c(nnn2CCCCOCc2ccc(OC)cc2)c1C. The maximum atomic E-state index is 13.3. The van der Waals surface area contributed by atoms with Gasteiger partial charge in [0.25, 0.3) is 0 Å². The molecule has 4 aromatic rings. The number of nitrogens with zero attached hydrogens (tertiary/aromatic N) is 5. The van der Waals surface area contributed by atoms with Crippen LogP contribution in [0.4, 0.5) is 4.79 Å². The second kappa shape index (κ2) is 18.3. The number of aromatic nitrogens is 3. The number of carbonyl (C=O) groups is 2. The van der Waals surface area contributed by atoms with Gasteiger partial charge in [0.15, 0.2) is 0 Å². The van der Waals surface area contributed by atoms with Gasteiger partial charge in [0.2, 0.25) is 5.88 Å². The van der Waals surface area contributed by atoms with Crippen molar-refractivity contribution in [2.24, 2.45) is 0 Å². The highest BCUT2D eigenvalue weighted by Gasteiger charge is 2.34. The van der Waals surface area contributed by atoms with E-state index in [9.17, 15) is 18.0 Å². The predicted molar refractivity (Wildman–Crippen MR) is 211 cm³/mol. The zero-order chi connectivity index (χ0) is 40.6. The minimum atomic E-state index is -4.26. The first-order valence-corrected chi connectivity index (χ1v) is 20.1. The zero-order valence-electron chi connectivity index (χ0n) is 33.5. The molecule has 302 valence electrons. The molecule has 0 N–H and O–H groups in total. The summed E-state index contributed by atoms with van der Waals surface area (Å²) in [6, 6.07) is 17.6. The minimum absolute atomic E-state index is 0.00688. The van der Waals surface area contributed by atoms with Gasteiger partial charge >= 0.3 is 22.4 Å². The number of unbranched alkanes of at least 4 members (excludes halogenated alkanes) is 1. The van der Waals surface area contributed by atoms with E-state index < -0.39 is 27.9 Å². The summed E-state index contributed by atoms with van der Waals surface area (Å²) >= 11 is 0. The first-order chi connectivity index (χ1) is 26.6. The Balaban J connectivity index is 1.31. The molecule has 1 aromatic heterocycles. The van der Waals surface area contributed by atoms with Crippen LogP contribution in [0, 0.1) is 13.8 Å². The number of aryl methyl sites for hydroxylation is 3. The van der Waals surface area contributed by atoms with Gasteiger partial charge in [-0.25, -0.2) is 9.48 Å². The summed E-state index contributed by atoms with van der Waals surface area (Å²) in [7, 11) is -1.22. The van der Waals surface area contributed by atoms with Crippen molar-refractivity contribution in [2.75, 3.05) is 33.9 Å². The normalized spacial score (nSPS) is 14.8. The molecule has 1 atom stereocenters. The van der Waals surface area contributed by atoms with Crippen molar-refractivity contribution in [1.29, 1.82) is 0 Å². The van der Waals surface area contributed by atoms with Gasteiger partial charge < -0.3 is 23.1 Å². The van der Waals surface area contributed by atoms with E-state index in [1.165, 1.54) is 17.4 Å². The maximum Gasteiger partial charge on any atom is 0.416 e. The van der Waals surface area contributed by atoms with Crippen LogP contribution in [-0.2, 0) is 53.2 Å². The standard InChI is InChI=1S/C41H53N5O9S/c1-9-53-38(47)25-35(31-15-12-28(2)32(24-31)26-45-22-20-37(55-56(45,49)50)44(7)40(48)54-41(4,5)6)34-18-19-36-39(29(34)3)42-43-46(36)21-10-11-23-52-27-30-13-16-33(51-8)17-14-30/h12-20,24,35H,9-11,21-23,25-27H2,1-8H3. The lowest BCUT2D eigenvalue weighted by Crippen LogP contribution is -2.41. The quantitative estimate of drug-likeness (QED) is 0.0859. The number of hydrogen-bond donors (Lipinski definition) is 0. The third-order valence-electron chi connectivity index (χ3n) is 9.47. The predicted octanol–water partition coefficient (Wildman–Crippen LogP) is 6.92. The number of rotatable bonds is 16. The van der Waals surface area contributed by atoms with Crippen molar-refractivity contribution in [3.8, 4) is 5.75 Å². The number of fused-ring (bicyclic) bond motifs is 1. The van der Waals surface area contributed by atoms with Crippen LogP contribution in [0.5, 0.6) is 5.75 Å². The zero-order valence-corrected chi connectivity index (χ0v) is 34.3. The summed E-state index contributed by atoms with van der Waals surface area (Å²) in [6.07, 6.45) is 2.58. The van der Waals surface area contributed by atoms with E-state index in [-0.39, 0.29) is 38.0 Å². The Morgan fingerprint density at radius 3 is 2.46 bits per heavy atom. The molecule has 0 spiro atoms. The van der Waals surface area contributed by atoms with Crippen molar-refractivity contribution >= 4 is 33.4 Å². The molecule has 15 heteroatoms. The molecule has 1 aliphatic rings. The van der Waals surface area contributed by atoms with Crippen molar-refractivity contribution in [3.63, 3.8) is 0 Å². The van der Waals surface area contributed by atoms with Crippen molar-refractivity contribution in [2.45, 2.75) is 92.0 Å². The Hall–Kier alpha value is -4.99. The molecule has 0 saturated carbocycles. The number of esters is 1. The van der Waals surface area contributed by atoms with Gasteiger partial charge in [-0.15, -0.1) is 5.10 Å². The first-order valence-electron chi connectivity index (χ1n) is 18.7. The molecule has 2 heterocycles. The summed E-state index contributed by atoms with van der Waals surface area (Å²) in [5.41, 5.74) is 6.17. The van der Waals surface area contributed by atoms with E-state index in [4.69, 9.17) is 23.1 Å². The lowest BCUT2D eigenvalue weighted by atomic mass is 9.84. The first kappa shape index (κ1) is 42.2. The van der Waals surface area contributed by atoms with E-state index in [0.29, 0.717) is 19.8 Å². The van der Waals surface area contributed by atoms with Crippen LogP contribution in [-0.4, -0.2) is 84.2 Å². The average molecular weight is 792 g/mol. The Morgan fingerprint density at radius 2 is 1.79 bits per heavy atom. The second-order valence-corrected chi connectivity index (χ2v) is 16.3. The van der Waals surface area contributed by atoms with E-state index >= 15 is 0 Å². The molecule has 14 nitrogen and oxygen atoms in total. The number of carbonyl (C=O) groups excluding carboxylic acids is 2. The molecule has 0 bridgehead atoms. The molecular weight excluding hydrogens is 739 g/mol. The second-order valence-electron chi connectivity index (χ2n) is 14.7. The molecule has 0 fully saturated rings. The third kappa shape index (κ3) is 10.6. The molecule has 0 aliphatic carbocycles. The molecule has 1 unspecified atom stereocenters. The molecule has 1 amide bonds. The van der Waals surface area contributed by atoms with Gasteiger partial charge in [0.05, 0.1) is 32.3 Å². The highest BCUT2D eigenvalue weighted by Crippen LogP contribution is 2.35.